The lowest BCUT2D eigenvalue weighted by Crippen LogP contribution is -2.49. The summed E-state index contributed by atoms with van der Waals surface area (Å²) in [5, 5.41) is 3.09. The van der Waals surface area contributed by atoms with Crippen molar-refractivity contribution in [1.82, 2.24) is 16.2 Å². The summed E-state index contributed by atoms with van der Waals surface area (Å²) in [5.74, 6) is 0.0230. The minimum absolute atomic E-state index is 0.0713. The number of benzene rings is 2. The fourth-order valence-electron chi connectivity index (χ4n) is 2.52. The second kappa shape index (κ2) is 11.9. The van der Waals surface area contributed by atoms with E-state index in [1.807, 2.05) is 20.8 Å². The number of aryl methyl sites for hydroxylation is 2. The van der Waals surface area contributed by atoms with Crippen molar-refractivity contribution < 1.29 is 19.1 Å². The third kappa shape index (κ3) is 7.68. The standard InChI is InChI=1S/C21H23BrClN3O4S/c1-4-7-29-17-6-5-14(22)10-16(17)20(28)24-21(31)26-25-18(27)11-30-15-8-12(2)19(23)13(3)9-15/h5-6,8-10H,4,7,11H2,1-3H3,(H,25,27)(H2,24,26,28,31). The molecule has 0 saturated heterocycles. The normalized spacial score (nSPS) is 10.2. The van der Waals surface area contributed by atoms with Gasteiger partial charge < -0.3 is 9.47 Å². The van der Waals surface area contributed by atoms with Gasteiger partial charge in [0.1, 0.15) is 11.5 Å². The Morgan fingerprint density at radius 1 is 1.10 bits per heavy atom. The van der Waals surface area contributed by atoms with Gasteiger partial charge in [-0.25, -0.2) is 0 Å². The zero-order valence-corrected chi connectivity index (χ0v) is 20.5. The van der Waals surface area contributed by atoms with Crippen LogP contribution in [0, 0.1) is 13.8 Å². The number of nitrogens with one attached hydrogen (secondary N) is 3. The third-order valence-corrected chi connectivity index (χ3v) is 5.26. The largest absolute Gasteiger partial charge is 0.493 e. The highest BCUT2D eigenvalue weighted by Crippen LogP contribution is 2.26. The Morgan fingerprint density at radius 3 is 2.42 bits per heavy atom. The topological polar surface area (TPSA) is 88.7 Å². The molecule has 2 rings (SSSR count). The Kier molecular flexibility index (Phi) is 9.54. The second-order valence-corrected chi connectivity index (χ2v) is 8.31. The van der Waals surface area contributed by atoms with Crippen molar-refractivity contribution in [2.75, 3.05) is 13.2 Å². The molecule has 0 bridgehead atoms. The van der Waals surface area contributed by atoms with Gasteiger partial charge in [0, 0.05) is 9.50 Å². The first-order valence-electron chi connectivity index (χ1n) is 9.43. The fourth-order valence-corrected chi connectivity index (χ4v) is 3.13. The molecule has 0 aliphatic rings. The Balaban J connectivity index is 1.85. The lowest BCUT2D eigenvalue weighted by atomic mass is 10.1. The monoisotopic (exact) mass is 527 g/mol. The van der Waals surface area contributed by atoms with E-state index < -0.39 is 11.8 Å². The summed E-state index contributed by atoms with van der Waals surface area (Å²) in [5.41, 5.74) is 6.87. The summed E-state index contributed by atoms with van der Waals surface area (Å²) in [6, 6.07) is 8.60. The Labute approximate surface area is 199 Å². The fraction of sp³-hybridized carbons (Fsp3) is 0.286. The van der Waals surface area contributed by atoms with Crippen molar-refractivity contribution >= 4 is 56.7 Å². The summed E-state index contributed by atoms with van der Waals surface area (Å²) in [6.07, 6.45) is 0.806. The third-order valence-electron chi connectivity index (χ3n) is 3.97. The average molecular weight is 529 g/mol. The Hall–Kier alpha value is -2.36. The van der Waals surface area contributed by atoms with Crippen molar-refractivity contribution in [3.05, 3.63) is 56.5 Å². The zero-order valence-electron chi connectivity index (χ0n) is 17.3. The Morgan fingerprint density at radius 2 is 1.77 bits per heavy atom. The number of halogens is 2. The van der Waals surface area contributed by atoms with Crippen LogP contribution in [-0.4, -0.2) is 30.1 Å². The SMILES string of the molecule is CCCOc1ccc(Br)cc1C(=O)NC(=S)NNC(=O)COc1cc(C)c(Cl)c(C)c1. The molecule has 0 aliphatic heterocycles. The van der Waals surface area contributed by atoms with Gasteiger partial charge in [-0.3, -0.25) is 25.8 Å². The molecule has 0 aliphatic carbocycles. The number of amides is 2. The van der Waals surface area contributed by atoms with Gasteiger partial charge in [0.05, 0.1) is 12.2 Å². The molecule has 166 valence electrons. The molecule has 0 saturated carbocycles. The van der Waals surface area contributed by atoms with E-state index in [1.54, 1.807) is 30.3 Å². The summed E-state index contributed by atoms with van der Waals surface area (Å²) in [7, 11) is 0. The highest BCUT2D eigenvalue weighted by molar-refractivity contribution is 9.10. The molecule has 0 spiro atoms. The van der Waals surface area contributed by atoms with Crippen LogP contribution in [0.3, 0.4) is 0 Å². The van der Waals surface area contributed by atoms with Gasteiger partial charge >= 0.3 is 0 Å². The van der Waals surface area contributed by atoms with Gasteiger partial charge in [0.2, 0.25) is 0 Å². The van der Waals surface area contributed by atoms with Crippen molar-refractivity contribution in [3.63, 3.8) is 0 Å². The maximum Gasteiger partial charge on any atom is 0.276 e. The van der Waals surface area contributed by atoms with Crippen LogP contribution in [0.1, 0.15) is 34.8 Å². The molecule has 0 fully saturated rings. The van der Waals surface area contributed by atoms with Crippen LogP contribution < -0.4 is 25.6 Å². The van der Waals surface area contributed by atoms with Crippen molar-refractivity contribution in [3.8, 4) is 11.5 Å². The van der Waals surface area contributed by atoms with Crippen LogP contribution in [-0.2, 0) is 4.79 Å². The van der Waals surface area contributed by atoms with Gasteiger partial charge in [-0.2, -0.15) is 0 Å². The van der Waals surface area contributed by atoms with E-state index in [0.717, 1.165) is 22.0 Å². The highest BCUT2D eigenvalue weighted by atomic mass is 79.9. The minimum Gasteiger partial charge on any atom is -0.493 e. The zero-order chi connectivity index (χ0) is 23.0. The van der Waals surface area contributed by atoms with E-state index in [9.17, 15) is 9.59 Å². The first-order chi connectivity index (χ1) is 14.7. The Bertz CT molecular complexity index is 964. The number of ether oxygens (including phenoxy) is 2. The summed E-state index contributed by atoms with van der Waals surface area (Å²) in [4.78, 5) is 24.6. The van der Waals surface area contributed by atoms with E-state index >= 15 is 0 Å². The molecule has 2 aromatic rings. The predicted molar refractivity (Wildman–Crippen MR) is 128 cm³/mol. The molecule has 0 atom stereocenters. The summed E-state index contributed by atoms with van der Waals surface area (Å²) < 4.78 is 11.8. The van der Waals surface area contributed by atoms with Crippen LogP contribution in [0.15, 0.2) is 34.8 Å². The van der Waals surface area contributed by atoms with Crippen LogP contribution in [0.25, 0.3) is 0 Å². The summed E-state index contributed by atoms with van der Waals surface area (Å²) in [6.45, 7) is 5.92. The molecular weight excluding hydrogens is 506 g/mol. The van der Waals surface area contributed by atoms with Gasteiger partial charge in [-0.05, 0) is 73.9 Å². The molecule has 10 heteroatoms. The number of carbonyl (C=O) groups excluding carboxylic acids is 2. The molecule has 0 unspecified atom stereocenters. The minimum atomic E-state index is -0.476. The van der Waals surface area contributed by atoms with E-state index in [-0.39, 0.29) is 11.7 Å². The quantitative estimate of drug-likeness (QED) is 0.368. The van der Waals surface area contributed by atoms with E-state index in [0.29, 0.717) is 28.7 Å². The smallest absolute Gasteiger partial charge is 0.276 e. The molecule has 0 radical (unpaired) electrons. The van der Waals surface area contributed by atoms with Crippen LogP contribution in [0.2, 0.25) is 5.02 Å². The number of hydrogen-bond donors (Lipinski definition) is 3. The molecule has 0 aromatic heterocycles. The number of rotatable bonds is 7. The molecule has 31 heavy (non-hydrogen) atoms. The first kappa shape index (κ1) is 24.9. The maximum atomic E-state index is 12.6. The average Bonchev–Trinajstić information content (AvgIpc) is 2.73. The molecule has 7 nitrogen and oxygen atoms in total. The first-order valence-corrected chi connectivity index (χ1v) is 11.0. The van der Waals surface area contributed by atoms with Gasteiger partial charge in [0.25, 0.3) is 11.8 Å². The van der Waals surface area contributed by atoms with Gasteiger partial charge in [-0.1, -0.05) is 34.5 Å². The van der Waals surface area contributed by atoms with Gasteiger partial charge in [0.15, 0.2) is 11.7 Å². The van der Waals surface area contributed by atoms with Crippen LogP contribution >= 0.6 is 39.7 Å². The second-order valence-electron chi connectivity index (χ2n) is 6.61. The van der Waals surface area contributed by atoms with E-state index in [2.05, 4.69) is 32.1 Å². The molecule has 2 amide bonds. The summed E-state index contributed by atoms with van der Waals surface area (Å²) >= 11 is 14.5. The number of hydrazine groups is 1. The van der Waals surface area contributed by atoms with Crippen LogP contribution in [0.4, 0.5) is 0 Å². The lowest BCUT2D eigenvalue weighted by molar-refractivity contribution is -0.123. The number of thiocarbonyl (C=S) groups is 1. The lowest BCUT2D eigenvalue weighted by Gasteiger charge is -2.14. The number of carbonyl (C=O) groups is 2. The highest BCUT2D eigenvalue weighted by Gasteiger charge is 2.15. The maximum absolute atomic E-state index is 12.6. The molecular formula is C21H23BrClN3O4S. The molecule has 0 heterocycles. The molecule has 3 N–H and O–H groups in total. The predicted octanol–water partition coefficient (Wildman–Crippen LogP) is 4.22. The molecule has 2 aromatic carbocycles. The van der Waals surface area contributed by atoms with Crippen molar-refractivity contribution in [2.24, 2.45) is 0 Å². The van der Waals surface area contributed by atoms with Crippen LogP contribution in [0.5, 0.6) is 11.5 Å². The van der Waals surface area contributed by atoms with E-state index in [1.165, 1.54) is 0 Å². The van der Waals surface area contributed by atoms with Crippen molar-refractivity contribution in [1.29, 1.82) is 0 Å². The van der Waals surface area contributed by atoms with E-state index in [4.69, 9.17) is 33.3 Å². The number of hydrogen-bond acceptors (Lipinski definition) is 5. The van der Waals surface area contributed by atoms with Gasteiger partial charge in [-0.15, -0.1) is 0 Å². The van der Waals surface area contributed by atoms with Crippen molar-refractivity contribution in [2.45, 2.75) is 27.2 Å².